The van der Waals surface area contributed by atoms with Crippen LogP contribution in [0.3, 0.4) is 0 Å². The second-order valence-electron chi connectivity index (χ2n) is 6.87. The lowest BCUT2D eigenvalue weighted by Gasteiger charge is -2.18. The number of hydrogen-bond acceptors (Lipinski definition) is 5. The second kappa shape index (κ2) is 8.73. The molecule has 0 aromatic heterocycles. The number of carbonyl (C=O) groups is 4. The molecule has 2 atom stereocenters. The quantitative estimate of drug-likeness (QED) is 0.701. The number of para-hydroxylation sites is 1. The van der Waals surface area contributed by atoms with Crippen molar-refractivity contribution in [3.05, 3.63) is 59.9 Å². The number of primary amides is 1. The average molecular weight is 413 g/mol. The van der Waals surface area contributed by atoms with E-state index >= 15 is 0 Å². The summed E-state index contributed by atoms with van der Waals surface area (Å²) in [5.74, 6) is -3.64. The third-order valence-electron chi connectivity index (χ3n) is 4.70. The molecule has 3 amide bonds. The monoisotopic (exact) mass is 413 g/mol. The maximum atomic E-state index is 13.9. The van der Waals surface area contributed by atoms with Crippen LogP contribution in [0.15, 0.2) is 48.5 Å². The summed E-state index contributed by atoms with van der Waals surface area (Å²) in [5.41, 5.74) is 5.95. The minimum atomic E-state index is -1.12. The van der Waals surface area contributed by atoms with Gasteiger partial charge in [0.2, 0.25) is 11.8 Å². The van der Waals surface area contributed by atoms with Crippen LogP contribution < -0.4 is 16.0 Å². The van der Waals surface area contributed by atoms with Gasteiger partial charge in [-0.1, -0.05) is 12.1 Å². The van der Waals surface area contributed by atoms with Crippen molar-refractivity contribution in [2.24, 2.45) is 11.7 Å². The van der Waals surface area contributed by atoms with Crippen LogP contribution in [0.2, 0.25) is 0 Å². The van der Waals surface area contributed by atoms with Crippen LogP contribution in [0.25, 0.3) is 0 Å². The van der Waals surface area contributed by atoms with Gasteiger partial charge in [-0.15, -0.1) is 0 Å². The minimum absolute atomic E-state index is 0.0263. The lowest BCUT2D eigenvalue weighted by Crippen LogP contribution is -2.33. The predicted molar refractivity (Wildman–Crippen MR) is 106 cm³/mol. The molecule has 1 aliphatic heterocycles. The molecule has 2 aromatic rings. The van der Waals surface area contributed by atoms with Gasteiger partial charge in [0.15, 0.2) is 6.10 Å². The summed E-state index contributed by atoms with van der Waals surface area (Å²) in [4.78, 5) is 49.2. The third-order valence-corrected chi connectivity index (χ3v) is 4.70. The number of nitrogens with one attached hydrogen (secondary N) is 1. The Kier molecular flexibility index (Phi) is 6.10. The first-order valence-electron chi connectivity index (χ1n) is 9.22. The summed E-state index contributed by atoms with van der Waals surface area (Å²) >= 11 is 0. The van der Waals surface area contributed by atoms with Gasteiger partial charge in [0.25, 0.3) is 5.91 Å². The molecule has 2 aromatic carbocycles. The Balaban J connectivity index is 1.57. The molecular formula is C21H20FN3O5. The van der Waals surface area contributed by atoms with Gasteiger partial charge in [-0.2, -0.15) is 0 Å². The lowest BCUT2D eigenvalue weighted by molar-refractivity contribution is -0.157. The molecule has 3 rings (SSSR count). The zero-order chi connectivity index (χ0) is 21.8. The number of anilines is 2. The topological polar surface area (TPSA) is 119 Å². The SMILES string of the molecule is C[C@H](OC(=O)[C@@H]1CC(=O)N(c2ccccc2F)C1)C(=O)Nc1ccc(C(N)=O)cc1. The highest BCUT2D eigenvalue weighted by atomic mass is 19.1. The molecule has 1 aliphatic rings. The second-order valence-corrected chi connectivity index (χ2v) is 6.87. The van der Waals surface area contributed by atoms with E-state index in [0.29, 0.717) is 5.69 Å². The van der Waals surface area contributed by atoms with Gasteiger partial charge in [0, 0.05) is 24.2 Å². The van der Waals surface area contributed by atoms with Crippen molar-refractivity contribution in [1.29, 1.82) is 0 Å². The highest BCUT2D eigenvalue weighted by Crippen LogP contribution is 2.28. The summed E-state index contributed by atoms with van der Waals surface area (Å²) in [7, 11) is 0. The maximum absolute atomic E-state index is 13.9. The minimum Gasteiger partial charge on any atom is -0.452 e. The first-order chi connectivity index (χ1) is 14.3. The van der Waals surface area contributed by atoms with Gasteiger partial charge in [-0.25, -0.2) is 4.39 Å². The molecule has 0 bridgehead atoms. The number of rotatable bonds is 6. The van der Waals surface area contributed by atoms with E-state index in [-0.39, 0.29) is 24.2 Å². The summed E-state index contributed by atoms with van der Waals surface area (Å²) in [5, 5.41) is 2.56. The van der Waals surface area contributed by atoms with Crippen molar-refractivity contribution in [2.75, 3.05) is 16.8 Å². The number of benzene rings is 2. The lowest BCUT2D eigenvalue weighted by atomic mass is 10.1. The van der Waals surface area contributed by atoms with Gasteiger partial charge in [-0.3, -0.25) is 19.2 Å². The van der Waals surface area contributed by atoms with Gasteiger partial charge < -0.3 is 20.7 Å². The predicted octanol–water partition coefficient (Wildman–Crippen LogP) is 1.85. The van der Waals surface area contributed by atoms with E-state index < -0.39 is 41.5 Å². The van der Waals surface area contributed by atoms with Crippen LogP contribution in [0.1, 0.15) is 23.7 Å². The number of ether oxygens (including phenoxy) is 1. The zero-order valence-electron chi connectivity index (χ0n) is 16.1. The van der Waals surface area contributed by atoms with E-state index in [1.54, 1.807) is 6.07 Å². The van der Waals surface area contributed by atoms with Crippen molar-refractivity contribution in [2.45, 2.75) is 19.4 Å². The molecule has 3 N–H and O–H groups in total. The van der Waals surface area contributed by atoms with E-state index in [1.165, 1.54) is 54.3 Å². The Hall–Kier alpha value is -3.75. The number of nitrogens with two attached hydrogens (primary N) is 1. The first-order valence-corrected chi connectivity index (χ1v) is 9.22. The molecule has 0 aliphatic carbocycles. The number of hydrogen-bond donors (Lipinski definition) is 2. The number of nitrogens with zero attached hydrogens (tertiary/aromatic N) is 1. The van der Waals surface area contributed by atoms with E-state index in [0.717, 1.165) is 0 Å². The van der Waals surface area contributed by atoms with Crippen LogP contribution in [0, 0.1) is 11.7 Å². The zero-order valence-corrected chi connectivity index (χ0v) is 16.1. The molecule has 0 spiro atoms. The summed E-state index contributed by atoms with van der Waals surface area (Å²) in [6.45, 7) is 1.37. The van der Waals surface area contributed by atoms with Crippen molar-refractivity contribution in [3.8, 4) is 0 Å². The van der Waals surface area contributed by atoms with E-state index in [4.69, 9.17) is 10.5 Å². The van der Waals surface area contributed by atoms with Crippen molar-refractivity contribution >= 4 is 35.1 Å². The molecule has 8 nitrogen and oxygen atoms in total. The average Bonchev–Trinajstić information content (AvgIpc) is 3.10. The molecule has 0 radical (unpaired) electrons. The van der Waals surface area contributed by atoms with Gasteiger partial charge in [-0.05, 0) is 43.3 Å². The van der Waals surface area contributed by atoms with Gasteiger partial charge >= 0.3 is 5.97 Å². The highest BCUT2D eigenvalue weighted by Gasteiger charge is 2.38. The van der Waals surface area contributed by atoms with Crippen LogP contribution in [-0.4, -0.2) is 36.3 Å². The van der Waals surface area contributed by atoms with Crippen LogP contribution in [0.5, 0.6) is 0 Å². The van der Waals surface area contributed by atoms with Crippen LogP contribution in [-0.2, 0) is 19.1 Å². The molecule has 1 fully saturated rings. The van der Waals surface area contributed by atoms with Crippen LogP contribution >= 0.6 is 0 Å². The van der Waals surface area contributed by atoms with Crippen molar-refractivity contribution in [3.63, 3.8) is 0 Å². The number of halogens is 1. The van der Waals surface area contributed by atoms with Crippen molar-refractivity contribution < 1.29 is 28.3 Å². The van der Waals surface area contributed by atoms with E-state index in [1.807, 2.05) is 0 Å². The highest BCUT2D eigenvalue weighted by molar-refractivity contribution is 6.00. The van der Waals surface area contributed by atoms with Gasteiger partial charge in [0.05, 0.1) is 11.6 Å². The van der Waals surface area contributed by atoms with E-state index in [9.17, 15) is 23.6 Å². The Morgan fingerprint density at radius 1 is 1.17 bits per heavy atom. The molecule has 1 heterocycles. The summed E-state index contributed by atoms with van der Waals surface area (Å²) < 4.78 is 19.1. The normalized spacial score (nSPS) is 16.8. The first kappa shape index (κ1) is 21.0. The fraction of sp³-hybridized carbons (Fsp3) is 0.238. The molecule has 156 valence electrons. The Morgan fingerprint density at radius 3 is 2.47 bits per heavy atom. The Labute approximate surface area is 171 Å². The van der Waals surface area contributed by atoms with Gasteiger partial charge in [0.1, 0.15) is 5.82 Å². The Bertz CT molecular complexity index is 992. The summed E-state index contributed by atoms with van der Waals surface area (Å²) in [6.07, 6.45) is -1.25. The Morgan fingerprint density at radius 2 is 1.83 bits per heavy atom. The fourth-order valence-electron chi connectivity index (χ4n) is 3.05. The molecule has 9 heteroatoms. The third kappa shape index (κ3) is 4.62. The number of carbonyl (C=O) groups excluding carboxylic acids is 4. The molecule has 1 saturated heterocycles. The molecular weight excluding hydrogens is 393 g/mol. The number of esters is 1. The molecule has 0 unspecified atom stereocenters. The molecule has 0 saturated carbocycles. The standard InChI is InChI=1S/C21H20FN3O5/c1-12(20(28)24-15-8-6-13(7-9-15)19(23)27)30-21(29)14-10-18(26)25(11-14)17-5-3-2-4-16(17)22/h2-9,12,14H,10-11H2,1H3,(H2,23,27)(H,24,28)/t12-,14+/m0/s1. The number of amides is 3. The fourth-order valence-corrected chi connectivity index (χ4v) is 3.05. The molecule has 30 heavy (non-hydrogen) atoms. The van der Waals surface area contributed by atoms with Crippen LogP contribution in [0.4, 0.5) is 15.8 Å². The largest absolute Gasteiger partial charge is 0.452 e. The van der Waals surface area contributed by atoms with E-state index in [2.05, 4.69) is 5.32 Å². The van der Waals surface area contributed by atoms with Crippen molar-refractivity contribution in [1.82, 2.24) is 0 Å². The smallest absolute Gasteiger partial charge is 0.312 e. The maximum Gasteiger partial charge on any atom is 0.312 e. The summed E-state index contributed by atoms with van der Waals surface area (Å²) in [6, 6.07) is 11.7.